The van der Waals surface area contributed by atoms with Crippen LogP contribution in [-0.2, 0) is 14.8 Å². The van der Waals surface area contributed by atoms with Gasteiger partial charge in [0.05, 0.1) is 18.2 Å². The molecule has 9 heteroatoms. The predicted molar refractivity (Wildman–Crippen MR) is 116 cm³/mol. The number of anilines is 1. The molecule has 0 spiro atoms. The van der Waals surface area contributed by atoms with Gasteiger partial charge in [-0.25, -0.2) is 13.8 Å². The molecule has 7 nitrogen and oxygen atoms in total. The van der Waals surface area contributed by atoms with Crippen molar-refractivity contribution in [3.8, 4) is 5.75 Å². The smallest absolute Gasteiger partial charge is 0.260 e. The fourth-order valence-electron chi connectivity index (χ4n) is 2.38. The molecule has 0 fully saturated rings. The van der Waals surface area contributed by atoms with Gasteiger partial charge in [-0.05, 0) is 54.4 Å². The molecule has 0 aliphatic carbocycles. The van der Waals surface area contributed by atoms with E-state index in [1.807, 2.05) is 0 Å². The largest absolute Gasteiger partial charge is 0.490 e. The molecule has 0 aliphatic heterocycles. The molecule has 0 heterocycles. The number of amides is 1. The average molecular weight is 436 g/mol. The zero-order valence-corrected chi connectivity index (χ0v) is 17.7. The van der Waals surface area contributed by atoms with Gasteiger partial charge < -0.3 is 4.74 Å². The Morgan fingerprint density at radius 3 is 2.59 bits per heavy atom. The first-order chi connectivity index (χ1) is 13.7. The van der Waals surface area contributed by atoms with Crippen molar-refractivity contribution in [2.75, 3.05) is 23.7 Å². The molecule has 0 aromatic heterocycles. The van der Waals surface area contributed by atoms with Gasteiger partial charge in [-0.3, -0.25) is 9.10 Å². The second kappa shape index (κ2) is 10.1. The highest BCUT2D eigenvalue weighted by molar-refractivity contribution is 7.92. The number of rotatable bonds is 9. The zero-order valence-electron chi connectivity index (χ0n) is 16.1. The van der Waals surface area contributed by atoms with Crippen molar-refractivity contribution >= 4 is 39.4 Å². The minimum absolute atomic E-state index is 0.342. The molecule has 1 amide bonds. The van der Waals surface area contributed by atoms with Gasteiger partial charge in [0.25, 0.3) is 5.91 Å². The van der Waals surface area contributed by atoms with Crippen molar-refractivity contribution in [3.63, 3.8) is 0 Å². The summed E-state index contributed by atoms with van der Waals surface area (Å²) in [6.07, 6.45) is 4.13. The van der Waals surface area contributed by atoms with Crippen LogP contribution in [0.5, 0.6) is 5.75 Å². The molecule has 0 saturated heterocycles. The highest BCUT2D eigenvalue weighted by Crippen LogP contribution is 2.26. The Kier molecular flexibility index (Phi) is 7.81. The number of hydrogen-bond acceptors (Lipinski definition) is 5. The van der Waals surface area contributed by atoms with E-state index in [1.165, 1.54) is 12.3 Å². The lowest BCUT2D eigenvalue weighted by atomic mass is 10.2. The number of sulfonamides is 1. The molecule has 29 heavy (non-hydrogen) atoms. The number of carbonyl (C=O) groups is 1. The monoisotopic (exact) mass is 435 g/mol. The van der Waals surface area contributed by atoms with Crippen molar-refractivity contribution in [2.45, 2.75) is 6.92 Å². The SMILES string of the molecule is C=CCOc1ccc(/C=N\NC(=O)CN(c2cc(Cl)ccc2C)S(C)(=O)=O)cc1. The van der Waals surface area contributed by atoms with Gasteiger partial charge in [0, 0.05) is 5.02 Å². The minimum atomic E-state index is -3.70. The summed E-state index contributed by atoms with van der Waals surface area (Å²) >= 11 is 5.98. The number of nitrogens with one attached hydrogen (secondary N) is 1. The molecule has 2 aromatic carbocycles. The number of ether oxygens (including phenoxy) is 1. The van der Waals surface area contributed by atoms with Gasteiger partial charge in [0.2, 0.25) is 10.0 Å². The number of benzene rings is 2. The average Bonchev–Trinajstić information content (AvgIpc) is 2.66. The Labute approximate surface area is 175 Å². The van der Waals surface area contributed by atoms with Crippen LogP contribution in [0.2, 0.25) is 5.02 Å². The fourth-order valence-corrected chi connectivity index (χ4v) is 3.45. The van der Waals surface area contributed by atoms with Crippen LogP contribution >= 0.6 is 11.6 Å². The Balaban J connectivity index is 2.04. The highest BCUT2D eigenvalue weighted by atomic mass is 35.5. The summed E-state index contributed by atoms with van der Waals surface area (Å²) in [5.41, 5.74) is 4.09. The quantitative estimate of drug-likeness (QED) is 0.372. The Bertz CT molecular complexity index is 1000. The van der Waals surface area contributed by atoms with Gasteiger partial charge in [-0.1, -0.05) is 30.3 Å². The van der Waals surface area contributed by atoms with E-state index in [1.54, 1.807) is 49.4 Å². The van der Waals surface area contributed by atoms with E-state index in [4.69, 9.17) is 16.3 Å². The van der Waals surface area contributed by atoms with Crippen LogP contribution in [-0.4, -0.2) is 39.9 Å². The first-order valence-corrected chi connectivity index (χ1v) is 10.8. The summed E-state index contributed by atoms with van der Waals surface area (Å²) in [4.78, 5) is 12.2. The standard InChI is InChI=1S/C20H22ClN3O4S/c1-4-11-28-18-9-6-16(7-10-18)13-22-23-20(25)14-24(29(3,26)27)19-12-17(21)8-5-15(19)2/h4-10,12-13H,1,11,14H2,2-3H3,(H,23,25)/b22-13-. The van der Waals surface area contributed by atoms with E-state index >= 15 is 0 Å². The Hall–Kier alpha value is -2.84. The third kappa shape index (κ3) is 6.92. The molecular weight excluding hydrogens is 414 g/mol. The second-order valence-corrected chi connectivity index (χ2v) is 8.51. The number of aryl methyl sites for hydroxylation is 1. The van der Waals surface area contributed by atoms with E-state index in [0.29, 0.717) is 28.6 Å². The Morgan fingerprint density at radius 1 is 1.28 bits per heavy atom. The lowest BCUT2D eigenvalue weighted by Gasteiger charge is -2.23. The third-order valence-corrected chi connectivity index (χ3v) is 5.14. The third-order valence-electron chi connectivity index (χ3n) is 3.78. The summed E-state index contributed by atoms with van der Waals surface area (Å²) in [6, 6.07) is 11.9. The maximum Gasteiger partial charge on any atom is 0.260 e. The van der Waals surface area contributed by atoms with E-state index in [0.717, 1.165) is 16.1 Å². The number of halogens is 1. The van der Waals surface area contributed by atoms with E-state index in [9.17, 15) is 13.2 Å². The molecule has 2 rings (SSSR count). The van der Waals surface area contributed by atoms with Gasteiger partial charge in [0.15, 0.2) is 0 Å². The number of carbonyl (C=O) groups excluding carboxylic acids is 1. The van der Waals surface area contributed by atoms with Crippen LogP contribution in [0.1, 0.15) is 11.1 Å². The van der Waals surface area contributed by atoms with Crippen LogP contribution in [0.3, 0.4) is 0 Å². The summed E-state index contributed by atoms with van der Waals surface area (Å²) < 4.78 is 30.7. The van der Waals surface area contributed by atoms with Crippen molar-refractivity contribution < 1.29 is 17.9 Å². The lowest BCUT2D eigenvalue weighted by molar-refractivity contribution is -0.119. The van der Waals surface area contributed by atoms with Crippen LogP contribution in [0.15, 0.2) is 60.2 Å². The molecule has 0 aliphatic rings. The minimum Gasteiger partial charge on any atom is -0.490 e. The number of nitrogens with zero attached hydrogens (tertiary/aromatic N) is 2. The van der Waals surface area contributed by atoms with E-state index < -0.39 is 22.5 Å². The molecule has 1 N–H and O–H groups in total. The normalized spacial score (nSPS) is 11.3. The van der Waals surface area contributed by atoms with Gasteiger partial charge in [-0.2, -0.15) is 5.10 Å². The molecule has 0 saturated carbocycles. The summed E-state index contributed by atoms with van der Waals surface area (Å²) in [5, 5.41) is 4.25. The van der Waals surface area contributed by atoms with Gasteiger partial charge in [0.1, 0.15) is 18.9 Å². The molecule has 0 radical (unpaired) electrons. The number of hydrazone groups is 1. The number of hydrogen-bond donors (Lipinski definition) is 1. The van der Waals surface area contributed by atoms with Crippen LogP contribution in [0, 0.1) is 6.92 Å². The zero-order chi connectivity index (χ0) is 21.4. The molecule has 154 valence electrons. The van der Waals surface area contributed by atoms with Crippen molar-refractivity contribution in [1.82, 2.24) is 5.43 Å². The van der Waals surface area contributed by atoms with Gasteiger partial charge >= 0.3 is 0 Å². The molecule has 0 unspecified atom stereocenters. The van der Waals surface area contributed by atoms with Crippen molar-refractivity contribution in [1.29, 1.82) is 0 Å². The summed E-state index contributed by atoms with van der Waals surface area (Å²) in [5.74, 6) is 0.101. The van der Waals surface area contributed by atoms with Crippen LogP contribution in [0.25, 0.3) is 0 Å². The molecule has 0 bridgehead atoms. The predicted octanol–water partition coefficient (Wildman–Crippen LogP) is 3.13. The first-order valence-electron chi connectivity index (χ1n) is 8.60. The fraction of sp³-hybridized carbons (Fsp3) is 0.200. The van der Waals surface area contributed by atoms with E-state index in [-0.39, 0.29) is 0 Å². The summed E-state index contributed by atoms with van der Waals surface area (Å²) in [6.45, 7) is 5.30. The summed E-state index contributed by atoms with van der Waals surface area (Å²) in [7, 11) is -3.70. The second-order valence-electron chi connectivity index (χ2n) is 6.16. The maximum absolute atomic E-state index is 12.2. The van der Waals surface area contributed by atoms with Crippen molar-refractivity contribution in [2.24, 2.45) is 5.10 Å². The van der Waals surface area contributed by atoms with Gasteiger partial charge in [-0.15, -0.1) is 0 Å². The van der Waals surface area contributed by atoms with E-state index in [2.05, 4.69) is 17.1 Å². The molecule has 2 aromatic rings. The van der Waals surface area contributed by atoms with Crippen LogP contribution < -0.4 is 14.5 Å². The van der Waals surface area contributed by atoms with Crippen molar-refractivity contribution in [3.05, 3.63) is 71.3 Å². The highest BCUT2D eigenvalue weighted by Gasteiger charge is 2.22. The van der Waals surface area contributed by atoms with Crippen LogP contribution in [0.4, 0.5) is 5.69 Å². The molecule has 0 atom stereocenters. The Morgan fingerprint density at radius 2 is 1.97 bits per heavy atom. The molecular formula is C20H22ClN3O4S. The maximum atomic E-state index is 12.2. The topological polar surface area (TPSA) is 88.1 Å². The lowest BCUT2D eigenvalue weighted by Crippen LogP contribution is -2.39. The first kappa shape index (κ1) is 22.4.